The number of nitrogens with one attached hydrogen (secondary N) is 1. The van der Waals surface area contributed by atoms with Gasteiger partial charge >= 0.3 is 0 Å². The minimum Gasteiger partial charge on any atom is -0.329 e. The van der Waals surface area contributed by atoms with Gasteiger partial charge in [-0.1, -0.05) is 15.9 Å². The molecule has 3 nitrogen and oxygen atoms in total. The number of hydrogen-bond donors (Lipinski definition) is 1. The second kappa shape index (κ2) is 4.46. The third-order valence-electron chi connectivity index (χ3n) is 3.62. The molecular formula is C15H12BrNO2. The Morgan fingerprint density at radius 2 is 2.05 bits per heavy atom. The van der Waals surface area contributed by atoms with Gasteiger partial charge in [-0.05, 0) is 54.3 Å². The van der Waals surface area contributed by atoms with Crippen molar-refractivity contribution < 1.29 is 4.79 Å². The van der Waals surface area contributed by atoms with Gasteiger partial charge in [0.05, 0.1) is 5.41 Å². The quantitative estimate of drug-likeness (QED) is 0.885. The van der Waals surface area contributed by atoms with Crippen molar-refractivity contribution in [2.45, 2.75) is 18.3 Å². The first-order chi connectivity index (χ1) is 9.14. The summed E-state index contributed by atoms with van der Waals surface area (Å²) in [5.74, 6) is 0. The molecule has 0 unspecified atom stereocenters. The van der Waals surface area contributed by atoms with Crippen LogP contribution in [-0.4, -0.2) is 11.3 Å². The highest BCUT2D eigenvalue weighted by Crippen LogP contribution is 2.47. The van der Waals surface area contributed by atoms with E-state index in [1.165, 1.54) is 0 Å². The fraction of sp³-hybridized carbons (Fsp3) is 0.200. The summed E-state index contributed by atoms with van der Waals surface area (Å²) in [5.41, 5.74) is 1.98. The molecule has 1 N–H and O–H groups in total. The molecule has 1 aliphatic rings. The molecule has 2 aromatic rings. The number of aromatic amines is 1. The van der Waals surface area contributed by atoms with Crippen molar-refractivity contribution in [3.8, 4) is 11.1 Å². The highest BCUT2D eigenvalue weighted by atomic mass is 79.9. The Morgan fingerprint density at radius 3 is 2.68 bits per heavy atom. The minimum absolute atomic E-state index is 0.123. The molecule has 1 saturated carbocycles. The molecule has 0 radical (unpaired) electrons. The first kappa shape index (κ1) is 12.4. The van der Waals surface area contributed by atoms with Crippen LogP contribution in [0.2, 0.25) is 0 Å². The molecule has 0 bridgehead atoms. The number of H-pyrrole nitrogens is 1. The lowest BCUT2D eigenvalue weighted by Gasteiger charge is -2.11. The van der Waals surface area contributed by atoms with Crippen LogP contribution in [0.5, 0.6) is 0 Å². The van der Waals surface area contributed by atoms with Crippen molar-refractivity contribution in [3.63, 3.8) is 0 Å². The van der Waals surface area contributed by atoms with Gasteiger partial charge in [-0.3, -0.25) is 4.79 Å². The zero-order valence-corrected chi connectivity index (χ0v) is 11.7. The van der Waals surface area contributed by atoms with Crippen molar-refractivity contribution in [3.05, 3.63) is 56.9 Å². The molecule has 3 rings (SSSR count). The first-order valence-corrected chi connectivity index (χ1v) is 6.89. The van der Waals surface area contributed by atoms with Crippen molar-refractivity contribution in [1.29, 1.82) is 0 Å². The Kier molecular flexibility index (Phi) is 2.90. The Hall–Kier alpha value is -1.68. The summed E-state index contributed by atoms with van der Waals surface area (Å²) in [6.45, 7) is 0. The smallest absolute Gasteiger partial charge is 0.255 e. The van der Waals surface area contributed by atoms with E-state index >= 15 is 0 Å². The maximum atomic E-state index is 11.8. The number of pyridine rings is 1. The van der Waals surface area contributed by atoms with Gasteiger partial charge in [0.15, 0.2) is 0 Å². The summed E-state index contributed by atoms with van der Waals surface area (Å²) in [6.07, 6.45) is 4.40. The average Bonchev–Trinajstić information content (AvgIpc) is 3.19. The van der Waals surface area contributed by atoms with Gasteiger partial charge in [0.1, 0.15) is 6.29 Å². The number of rotatable bonds is 3. The fourth-order valence-corrected chi connectivity index (χ4v) is 2.78. The van der Waals surface area contributed by atoms with Crippen molar-refractivity contribution in [2.24, 2.45) is 0 Å². The Morgan fingerprint density at radius 1 is 1.26 bits per heavy atom. The van der Waals surface area contributed by atoms with E-state index in [4.69, 9.17) is 0 Å². The summed E-state index contributed by atoms with van der Waals surface area (Å²) < 4.78 is 0.886. The van der Waals surface area contributed by atoms with Crippen LogP contribution in [0, 0.1) is 0 Å². The SMILES string of the molecule is O=CC1(c2cc(Br)cc(-c3ccc[nH]c3=O)c2)CC1. The Labute approximate surface area is 118 Å². The van der Waals surface area contributed by atoms with E-state index in [1.54, 1.807) is 18.3 Å². The number of hydrogen-bond acceptors (Lipinski definition) is 2. The molecule has 96 valence electrons. The number of carbonyl (C=O) groups excluding carboxylic acids is 1. The number of halogens is 1. The van der Waals surface area contributed by atoms with Gasteiger partial charge < -0.3 is 9.78 Å². The number of aromatic nitrogens is 1. The summed E-state index contributed by atoms with van der Waals surface area (Å²) >= 11 is 3.46. The lowest BCUT2D eigenvalue weighted by atomic mass is 9.94. The maximum Gasteiger partial charge on any atom is 0.255 e. The van der Waals surface area contributed by atoms with Crippen LogP contribution in [0.3, 0.4) is 0 Å². The first-order valence-electron chi connectivity index (χ1n) is 6.10. The molecule has 0 atom stereocenters. The largest absolute Gasteiger partial charge is 0.329 e. The molecule has 4 heteroatoms. The van der Waals surface area contributed by atoms with Gasteiger partial charge in [-0.25, -0.2) is 0 Å². The van der Waals surface area contributed by atoms with Gasteiger partial charge in [0.2, 0.25) is 0 Å². The zero-order valence-electron chi connectivity index (χ0n) is 10.2. The highest BCUT2D eigenvalue weighted by molar-refractivity contribution is 9.10. The molecule has 1 aromatic heterocycles. The molecule has 1 fully saturated rings. The van der Waals surface area contributed by atoms with Gasteiger partial charge in [-0.2, -0.15) is 0 Å². The standard InChI is InChI=1S/C15H12BrNO2/c16-12-7-10(13-2-1-5-17-14(13)19)6-11(8-12)15(9-18)3-4-15/h1-2,5-9H,3-4H2,(H,17,19). The summed E-state index contributed by atoms with van der Waals surface area (Å²) in [6, 6.07) is 9.38. The van der Waals surface area contributed by atoms with Crippen LogP contribution < -0.4 is 5.56 Å². The van der Waals surface area contributed by atoms with Crippen molar-refractivity contribution in [2.75, 3.05) is 0 Å². The normalized spacial score (nSPS) is 16.1. The summed E-state index contributed by atoms with van der Waals surface area (Å²) in [7, 11) is 0. The summed E-state index contributed by atoms with van der Waals surface area (Å²) in [4.78, 5) is 25.7. The fourth-order valence-electron chi connectivity index (χ4n) is 2.29. The van der Waals surface area contributed by atoms with E-state index < -0.39 is 0 Å². The molecule has 1 heterocycles. The maximum absolute atomic E-state index is 11.8. The minimum atomic E-state index is -0.333. The number of benzene rings is 1. The van der Waals surface area contributed by atoms with E-state index in [2.05, 4.69) is 20.9 Å². The molecule has 1 aromatic carbocycles. The van der Waals surface area contributed by atoms with E-state index in [1.807, 2.05) is 18.2 Å². The van der Waals surface area contributed by atoms with Crippen LogP contribution in [0.25, 0.3) is 11.1 Å². The molecular weight excluding hydrogens is 306 g/mol. The van der Waals surface area contributed by atoms with Crippen LogP contribution in [-0.2, 0) is 10.2 Å². The number of aldehydes is 1. The predicted octanol–water partition coefficient (Wildman–Crippen LogP) is 3.03. The lowest BCUT2D eigenvalue weighted by Crippen LogP contribution is -2.10. The van der Waals surface area contributed by atoms with Crippen LogP contribution in [0.4, 0.5) is 0 Å². The Bertz CT molecular complexity index is 701. The molecule has 1 aliphatic carbocycles. The molecule has 19 heavy (non-hydrogen) atoms. The topological polar surface area (TPSA) is 49.9 Å². The Balaban J connectivity index is 2.16. The van der Waals surface area contributed by atoms with Gasteiger partial charge in [0.25, 0.3) is 5.56 Å². The van der Waals surface area contributed by atoms with Gasteiger partial charge in [0, 0.05) is 16.2 Å². The molecule has 0 amide bonds. The average molecular weight is 318 g/mol. The lowest BCUT2D eigenvalue weighted by molar-refractivity contribution is -0.109. The van der Waals surface area contributed by atoms with Crippen LogP contribution in [0.1, 0.15) is 18.4 Å². The predicted molar refractivity (Wildman–Crippen MR) is 77.2 cm³/mol. The number of carbonyl (C=O) groups is 1. The van der Waals surface area contributed by atoms with Crippen LogP contribution in [0.15, 0.2) is 45.8 Å². The monoisotopic (exact) mass is 317 g/mol. The zero-order chi connectivity index (χ0) is 13.5. The summed E-state index contributed by atoms with van der Waals surface area (Å²) in [5, 5.41) is 0. The van der Waals surface area contributed by atoms with E-state index in [0.717, 1.165) is 34.7 Å². The van der Waals surface area contributed by atoms with Crippen molar-refractivity contribution >= 4 is 22.2 Å². The highest BCUT2D eigenvalue weighted by Gasteiger charge is 2.44. The van der Waals surface area contributed by atoms with Crippen LogP contribution >= 0.6 is 15.9 Å². The molecule has 0 saturated heterocycles. The molecule has 0 spiro atoms. The third kappa shape index (κ3) is 2.16. The molecule has 0 aliphatic heterocycles. The van der Waals surface area contributed by atoms with Crippen molar-refractivity contribution in [1.82, 2.24) is 4.98 Å². The van der Waals surface area contributed by atoms with E-state index in [0.29, 0.717) is 5.56 Å². The van der Waals surface area contributed by atoms with E-state index in [-0.39, 0.29) is 11.0 Å². The second-order valence-electron chi connectivity index (χ2n) is 4.92. The second-order valence-corrected chi connectivity index (χ2v) is 5.83. The third-order valence-corrected chi connectivity index (χ3v) is 4.07. The van der Waals surface area contributed by atoms with E-state index in [9.17, 15) is 9.59 Å². The van der Waals surface area contributed by atoms with Gasteiger partial charge in [-0.15, -0.1) is 0 Å².